The van der Waals surface area contributed by atoms with Gasteiger partial charge in [-0.3, -0.25) is 9.48 Å². The number of pyridine rings is 1. The zero-order valence-corrected chi connectivity index (χ0v) is 16.1. The molecule has 8 heteroatoms. The maximum Gasteiger partial charge on any atom is 0.257 e. The van der Waals surface area contributed by atoms with Crippen molar-refractivity contribution in [3.05, 3.63) is 54.6 Å². The smallest absolute Gasteiger partial charge is 0.257 e. The van der Waals surface area contributed by atoms with Crippen molar-refractivity contribution in [2.24, 2.45) is 5.92 Å². The second-order valence-corrected chi connectivity index (χ2v) is 7.09. The van der Waals surface area contributed by atoms with Crippen LogP contribution in [0.3, 0.4) is 0 Å². The van der Waals surface area contributed by atoms with Gasteiger partial charge in [0.2, 0.25) is 5.91 Å². The number of benzene rings is 1. The first-order chi connectivity index (χ1) is 13.8. The summed E-state index contributed by atoms with van der Waals surface area (Å²) in [6.45, 7) is 3.32. The first-order valence-electron chi connectivity index (χ1n) is 9.19. The molecule has 1 aromatic carbocycles. The Balaban J connectivity index is 1.98. The molecule has 1 N–H and O–H groups in total. The first-order valence-corrected chi connectivity index (χ1v) is 9.19. The Kier molecular flexibility index (Phi) is 6.31. The van der Waals surface area contributed by atoms with Gasteiger partial charge in [-0.1, -0.05) is 13.8 Å². The number of halogens is 3. The molecule has 2 aromatic heterocycles. The van der Waals surface area contributed by atoms with E-state index in [1.54, 1.807) is 24.3 Å². The van der Waals surface area contributed by atoms with Gasteiger partial charge in [0.05, 0.1) is 0 Å². The second kappa shape index (κ2) is 8.89. The fourth-order valence-corrected chi connectivity index (χ4v) is 2.92. The third-order valence-corrected chi connectivity index (χ3v) is 4.14. The highest BCUT2D eigenvalue weighted by molar-refractivity contribution is 5.91. The molecule has 3 aromatic rings. The van der Waals surface area contributed by atoms with Crippen LogP contribution in [0.1, 0.15) is 20.3 Å². The average molecular weight is 402 g/mol. The van der Waals surface area contributed by atoms with Crippen LogP contribution >= 0.6 is 0 Å². The molecular weight excluding hydrogens is 381 g/mol. The van der Waals surface area contributed by atoms with Gasteiger partial charge in [0.25, 0.3) is 6.43 Å². The standard InChI is InChI=1S/C21H21F3N4O/c1-13(2)9-20(29)26-19-10-15(7-8-25-19)17-11-28(12-18(23)24)27-21(17)14-3-5-16(22)6-4-14/h3-8,10-11,13,18H,9,12H2,1-2H3,(H,25,26,29). The molecule has 0 spiro atoms. The largest absolute Gasteiger partial charge is 0.311 e. The van der Waals surface area contributed by atoms with Crippen LogP contribution in [0.5, 0.6) is 0 Å². The monoisotopic (exact) mass is 402 g/mol. The maximum absolute atomic E-state index is 13.3. The van der Waals surface area contributed by atoms with Crippen molar-refractivity contribution >= 4 is 11.7 Å². The van der Waals surface area contributed by atoms with Crippen LogP contribution in [0, 0.1) is 11.7 Å². The minimum atomic E-state index is -2.56. The number of hydrogen-bond donors (Lipinski definition) is 1. The number of nitrogens with one attached hydrogen (secondary N) is 1. The molecule has 5 nitrogen and oxygen atoms in total. The molecular formula is C21H21F3N4O. The summed E-state index contributed by atoms with van der Waals surface area (Å²) in [5, 5.41) is 7.01. The zero-order valence-electron chi connectivity index (χ0n) is 16.1. The molecule has 152 valence electrons. The Morgan fingerprint density at radius 3 is 2.52 bits per heavy atom. The fraction of sp³-hybridized carbons (Fsp3) is 0.286. The van der Waals surface area contributed by atoms with Gasteiger partial charge in [0, 0.05) is 29.9 Å². The Hall–Kier alpha value is -3.16. The highest BCUT2D eigenvalue weighted by atomic mass is 19.3. The van der Waals surface area contributed by atoms with Crippen LogP contribution in [-0.4, -0.2) is 27.1 Å². The van der Waals surface area contributed by atoms with E-state index in [0.29, 0.717) is 34.6 Å². The Morgan fingerprint density at radius 1 is 1.14 bits per heavy atom. The van der Waals surface area contributed by atoms with E-state index in [9.17, 15) is 18.0 Å². The van der Waals surface area contributed by atoms with Crippen LogP contribution in [0.2, 0.25) is 0 Å². The third-order valence-electron chi connectivity index (χ3n) is 4.14. The fourth-order valence-electron chi connectivity index (χ4n) is 2.92. The predicted octanol–water partition coefficient (Wildman–Crippen LogP) is 5.00. The van der Waals surface area contributed by atoms with Crippen molar-refractivity contribution in [1.82, 2.24) is 14.8 Å². The molecule has 0 unspecified atom stereocenters. The summed E-state index contributed by atoms with van der Waals surface area (Å²) in [7, 11) is 0. The van der Waals surface area contributed by atoms with E-state index < -0.39 is 18.8 Å². The lowest BCUT2D eigenvalue weighted by Crippen LogP contribution is -2.14. The molecule has 0 radical (unpaired) electrons. The van der Waals surface area contributed by atoms with Crippen molar-refractivity contribution in [3.8, 4) is 22.4 Å². The van der Waals surface area contributed by atoms with Crippen LogP contribution < -0.4 is 5.32 Å². The van der Waals surface area contributed by atoms with Crippen LogP contribution in [0.15, 0.2) is 48.8 Å². The third kappa shape index (κ3) is 5.43. The van der Waals surface area contributed by atoms with E-state index in [1.807, 2.05) is 13.8 Å². The SMILES string of the molecule is CC(C)CC(=O)Nc1cc(-c2cn(CC(F)F)nc2-c2ccc(F)cc2)ccn1. The van der Waals surface area contributed by atoms with Gasteiger partial charge >= 0.3 is 0 Å². The summed E-state index contributed by atoms with van der Waals surface area (Å²) in [6.07, 6.45) is 0.838. The average Bonchev–Trinajstić information content (AvgIpc) is 3.05. The first kappa shape index (κ1) is 20.6. The molecule has 1 amide bonds. The Morgan fingerprint density at radius 2 is 1.86 bits per heavy atom. The Labute approximate surface area is 166 Å². The molecule has 0 aliphatic heterocycles. The van der Waals surface area contributed by atoms with Gasteiger partial charge in [-0.05, 0) is 47.9 Å². The van der Waals surface area contributed by atoms with E-state index in [2.05, 4.69) is 15.4 Å². The Bertz CT molecular complexity index is 984. The van der Waals surface area contributed by atoms with E-state index in [-0.39, 0.29) is 11.8 Å². The summed E-state index contributed by atoms with van der Waals surface area (Å²) in [5.74, 6) is 0.00818. The number of carbonyl (C=O) groups is 1. The predicted molar refractivity (Wildman–Crippen MR) is 105 cm³/mol. The van der Waals surface area contributed by atoms with Gasteiger partial charge in [-0.25, -0.2) is 18.2 Å². The number of aromatic nitrogens is 3. The molecule has 0 aliphatic rings. The van der Waals surface area contributed by atoms with Gasteiger partial charge in [0.15, 0.2) is 0 Å². The van der Waals surface area contributed by atoms with Gasteiger partial charge in [-0.2, -0.15) is 5.10 Å². The maximum atomic E-state index is 13.3. The van der Waals surface area contributed by atoms with Gasteiger partial charge in [0.1, 0.15) is 23.9 Å². The van der Waals surface area contributed by atoms with Crippen LogP contribution in [0.4, 0.5) is 19.0 Å². The van der Waals surface area contributed by atoms with Crippen molar-refractivity contribution in [2.75, 3.05) is 5.32 Å². The molecule has 0 atom stereocenters. The van der Waals surface area contributed by atoms with E-state index in [1.165, 1.54) is 24.5 Å². The number of alkyl halides is 2. The number of carbonyl (C=O) groups excluding carboxylic acids is 1. The van der Waals surface area contributed by atoms with Gasteiger partial charge < -0.3 is 5.32 Å². The van der Waals surface area contributed by atoms with Crippen LogP contribution in [-0.2, 0) is 11.3 Å². The topological polar surface area (TPSA) is 59.8 Å². The number of amides is 1. The lowest BCUT2D eigenvalue weighted by Gasteiger charge is -2.08. The van der Waals surface area contributed by atoms with Crippen molar-refractivity contribution < 1.29 is 18.0 Å². The normalized spacial score (nSPS) is 11.3. The van der Waals surface area contributed by atoms with E-state index in [0.717, 1.165) is 4.68 Å². The molecule has 0 fully saturated rings. The zero-order chi connectivity index (χ0) is 21.0. The number of nitrogens with zero attached hydrogens (tertiary/aromatic N) is 3. The highest BCUT2D eigenvalue weighted by Crippen LogP contribution is 2.32. The number of hydrogen-bond acceptors (Lipinski definition) is 3. The summed E-state index contributed by atoms with van der Waals surface area (Å²) >= 11 is 0. The van der Waals surface area contributed by atoms with E-state index in [4.69, 9.17) is 0 Å². The summed E-state index contributed by atoms with van der Waals surface area (Å²) in [4.78, 5) is 16.2. The van der Waals surface area contributed by atoms with Crippen molar-refractivity contribution in [1.29, 1.82) is 0 Å². The molecule has 0 aliphatic carbocycles. The van der Waals surface area contributed by atoms with Crippen molar-refractivity contribution in [3.63, 3.8) is 0 Å². The minimum absolute atomic E-state index is 0.156. The highest BCUT2D eigenvalue weighted by Gasteiger charge is 2.16. The number of anilines is 1. The molecule has 2 heterocycles. The summed E-state index contributed by atoms with van der Waals surface area (Å²) < 4.78 is 40.2. The second-order valence-electron chi connectivity index (χ2n) is 7.09. The molecule has 0 saturated carbocycles. The summed E-state index contributed by atoms with van der Waals surface area (Å²) in [5.41, 5.74) is 2.27. The van der Waals surface area contributed by atoms with Crippen LogP contribution in [0.25, 0.3) is 22.4 Å². The lowest BCUT2D eigenvalue weighted by molar-refractivity contribution is -0.116. The molecule has 0 bridgehead atoms. The molecule has 0 saturated heterocycles. The minimum Gasteiger partial charge on any atom is -0.311 e. The molecule has 3 rings (SSSR count). The van der Waals surface area contributed by atoms with Crippen molar-refractivity contribution in [2.45, 2.75) is 33.2 Å². The number of rotatable bonds is 7. The molecule has 29 heavy (non-hydrogen) atoms. The van der Waals surface area contributed by atoms with Gasteiger partial charge in [-0.15, -0.1) is 0 Å². The van der Waals surface area contributed by atoms with E-state index >= 15 is 0 Å². The summed E-state index contributed by atoms with van der Waals surface area (Å²) in [6, 6.07) is 9.02. The quantitative estimate of drug-likeness (QED) is 0.605. The lowest BCUT2D eigenvalue weighted by atomic mass is 10.0.